The van der Waals surface area contributed by atoms with Gasteiger partial charge in [0.05, 0.1) is 0 Å². The van der Waals surface area contributed by atoms with Crippen LogP contribution in [0.25, 0.3) is 0 Å². The van der Waals surface area contributed by atoms with Gasteiger partial charge in [-0.3, -0.25) is 4.79 Å². The highest BCUT2D eigenvalue weighted by molar-refractivity contribution is 5.92. The fraction of sp³-hybridized carbons (Fsp3) is 0.718. The van der Waals surface area contributed by atoms with Crippen LogP contribution in [0.15, 0.2) is 48.1 Å². The van der Waals surface area contributed by atoms with Gasteiger partial charge in [0, 0.05) is 24.1 Å². The normalized spacial score (nSPS) is 36.4. The summed E-state index contributed by atoms with van der Waals surface area (Å²) in [6, 6.07) is 7.99. The smallest absolute Gasteiger partial charge is 0.227 e. The highest BCUT2D eigenvalue weighted by Gasteiger charge is 2.59. The van der Waals surface area contributed by atoms with Crippen molar-refractivity contribution in [3.63, 3.8) is 0 Å². The number of fused-ring (bicyclic) bond motifs is 5. The Morgan fingerprint density at radius 3 is 2.55 bits per heavy atom. The molecule has 0 bridgehead atoms. The lowest BCUT2D eigenvalue weighted by molar-refractivity contribution is -0.119. The molecule has 3 saturated carbocycles. The maximum atomic E-state index is 12.4. The molecule has 0 spiro atoms. The third-order valence-electron chi connectivity index (χ3n) is 13.0. The number of carbonyl (C=O) groups excluding carboxylic acids is 1. The number of hydrogen-bond donors (Lipinski definition) is 1. The average molecular weight is 574 g/mol. The van der Waals surface area contributed by atoms with Crippen LogP contribution in [0.4, 0.5) is 5.69 Å². The number of benzene rings is 1. The van der Waals surface area contributed by atoms with Gasteiger partial charge in [-0.25, -0.2) is 0 Å². The molecule has 4 aliphatic carbocycles. The van der Waals surface area contributed by atoms with Gasteiger partial charge in [-0.15, -0.1) is 0 Å². The SMILES string of the molecule is CCC(C)C(=O)Nc1cccc(OC2CCC3(C)C(=CCC4C3CCC3(C)C(C(C)/C=C/C(C)C(C)C)CCC43)C2)c1. The molecule has 10 unspecified atom stereocenters. The van der Waals surface area contributed by atoms with Gasteiger partial charge in [0.25, 0.3) is 0 Å². The Kier molecular flexibility index (Phi) is 9.36. The Morgan fingerprint density at radius 2 is 1.81 bits per heavy atom. The number of anilines is 1. The topological polar surface area (TPSA) is 38.3 Å². The highest BCUT2D eigenvalue weighted by Crippen LogP contribution is 2.67. The fourth-order valence-electron chi connectivity index (χ4n) is 9.63. The van der Waals surface area contributed by atoms with E-state index in [0.717, 1.165) is 54.4 Å². The van der Waals surface area contributed by atoms with E-state index < -0.39 is 0 Å². The molecule has 232 valence electrons. The van der Waals surface area contributed by atoms with Gasteiger partial charge >= 0.3 is 0 Å². The number of amides is 1. The van der Waals surface area contributed by atoms with E-state index >= 15 is 0 Å². The standard InChI is InChI=1S/C39H59NO2/c1-9-26(4)37(41)40-30-11-10-12-31(24-30)42-32-19-21-38(7)29(23-32)15-16-33-35-18-17-34(39(35,8)22-20-36(33)38)28(6)14-13-27(5)25(2)3/h10-15,24-28,32-36H,9,16-23H2,1-8H3,(H,40,41)/b14-13+. The van der Waals surface area contributed by atoms with Crippen molar-refractivity contribution in [2.45, 2.75) is 119 Å². The minimum atomic E-state index is 0.0132. The number of hydrogen-bond acceptors (Lipinski definition) is 2. The first kappa shape index (κ1) is 31.4. The van der Waals surface area contributed by atoms with Crippen molar-refractivity contribution in [3.8, 4) is 5.75 Å². The van der Waals surface area contributed by atoms with Crippen molar-refractivity contribution in [2.24, 2.45) is 58.2 Å². The van der Waals surface area contributed by atoms with E-state index in [9.17, 15) is 4.79 Å². The van der Waals surface area contributed by atoms with Crippen molar-refractivity contribution in [1.29, 1.82) is 0 Å². The Hall–Kier alpha value is -2.03. The lowest BCUT2D eigenvalue weighted by atomic mass is 9.47. The third-order valence-corrected chi connectivity index (χ3v) is 13.0. The molecular formula is C39H59NO2. The Bertz CT molecular complexity index is 1170. The van der Waals surface area contributed by atoms with E-state index in [-0.39, 0.29) is 17.9 Å². The summed E-state index contributed by atoms with van der Waals surface area (Å²) in [5.41, 5.74) is 3.31. The van der Waals surface area contributed by atoms with E-state index in [1.54, 1.807) is 5.57 Å². The zero-order valence-corrected chi connectivity index (χ0v) is 27.9. The number of ether oxygens (including phenoxy) is 1. The summed E-state index contributed by atoms with van der Waals surface area (Å²) in [6.45, 7) is 18.9. The molecule has 0 heterocycles. The number of carbonyl (C=O) groups is 1. The van der Waals surface area contributed by atoms with Crippen LogP contribution in [0, 0.1) is 58.2 Å². The minimum Gasteiger partial charge on any atom is -0.490 e. The van der Waals surface area contributed by atoms with Crippen LogP contribution in [0.3, 0.4) is 0 Å². The molecule has 1 amide bonds. The molecule has 4 aliphatic rings. The van der Waals surface area contributed by atoms with Crippen molar-refractivity contribution in [1.82, 2.24) is 0 Å². The highest BCUT2D eigenvalue weighted by atomic mass is 16.5. The van der Waals surface area contributed by atoms with Crippen LogP contribution < -0.4 is 10.1 Å². The molecule has 1 aromatic rings. The maximum absolute atomic E-state index is 12.4. The van der Waals surface area contributed by atoms with Crippen LogP contribution in [0.1, 0.15) is 113 Å². The summed E-state index contributed by atoms with van der Waals surface area (Å²) in [5, 5.41) is 3.07. The van der Waals surface area contributed by atoms with Gasteiger partial charge < -0.3 is 10.1 Å². The van der Waals surface area contributed by atoms with Crippen LogP contribution >= 0.6 is 0 Å². The molecule has 1 aromatic carbocycles. The molecular weight excluding hydrogens is 514 g/mol. The number of rotatable bonds is 9. The summed E-state index contributed by atoms with van der Waals surface area (Å²) in [6.07, 6.45) is 19.1. The lowest BCUT2D eigenvalue weighted by Gasteiger charge is -2.58. The van der Waals surface area contributed by atoms with E-state index in [1.807, 2.05) is 38.1 Å². The quantitative estimate of drug-likeness (QED) is 0.298. The molecule has 1 N–H and O–H groups in total. The molecule has 3 nitrogen and oxygen atoms in total. The first-order chi connectivity index (χ1) is 20.0. The Labute approximate surface area is 257 Å². The second-order valence-corrected chi connectivity index (χ2v) is 15.6. The van der Waals surface area contributed by atoms with Gasteiger partial charge in [0.1, 0.15) is 11.9 Å². The Balaban J connectivity index is 1.24. The third kappa shape index (κ3) is 6.00. The van der Waals surface area contributed by atoms with Gasteiger partial charge in [-0.1, -0.05) is 85.3 Å². The van der Waals surface area contributed by atoms with E-state index in [2.05, 4.69) is 65.1 Å². The molecule has 5 rings (SSSR count). The monoisotopic (exact) mass is 573 g/mol. The first-order valence-electron chi connectivity index (χ1n) is 17.4. The van der Waals surface area contributed by atoms with Gasteiger partial charge in [-0.2, -0.15) is 0 Å². The minimum absolute atomic E-state index is 0.0132. The van der Waals surface area contributed by atoms with Crippen molar-refractivity contribution >= 4 is 11.6 Å². The molecule has 0 radical (unpaired) electrons. The fourth-order valence-corrected chi connectivity index (χ4v) is 9.63. The summed E-state index contributed by atoms with van der Waals surface area (Å²) in [7, 11) is 0. The lowest BCUT2D eigenvalue weighted by Crippen LogP contribution is -2.51. The molecule has 0 saturated heterocycles. The zero-order valence-electron chi connectivity index (χ0n) is 27.9. The van der Waals surface area contributed by atoms with Crippen LogP contribution in [-0.4, -0.2) is 12.0 Å². The van der Waals surface area contributed by atoms with E-state index in [1.165, 1.54) is 38.5 Å². The van der Waals surface area contributed by atoms with Gasteiger partial charge in [-0.05, 0) is 116 Å². The van der Waals surface area contributed by atoms with Crippen molar-refractivity contribution < 1.29 is 9.53 Å². The second-order valence-electron chi connectivity index (χ2n) is 15.6. The van der Waals surface area contributed by atoms with Crippen molar-refractivity contribution in [3.05, 3.63) is 48.1 Å². The second kappa shape index (κ2) is 12.5. The van der Waals surface area contributed by atoms with Gasteiger partial charge in [0.2, 0.25) is 5.91 Å². The zero-order chi connectivity index (χ0) is 30.2. The predicted molar refractivity (Wildman–Crippen MR) is 176 cm³/mol. The Morgan fingerprint density at radius 1 is 1.02 bits per heavy atom. The van der Waals surface area contributed by atoms with Gasteiger partial charge in [0.15, 0.2) is 0 Å². The van der Waals surface area contributed by atoms with E-state index in [4.69, 9.17) is 4.74 Å². The largest absolute Gasteiger partial charge is 0.490 e. The van der Waals surface area contributed by atoms with Crippen LogP contribution in [0.5, 0.6) is 5.75 Å². The average Bonchev–Trinajstić information content (AvgIpc) is 3.32. The summed E-state index contributed by atoms with van der Waals surface area (Å²) in [5.74, 6) is 6.38. The number of allylic oxidation sites excluding steroid dienone is 3. The predicted octanol–water partition coefficient (Wildman–Crippen LogP) is 10.5. The maximum Gasteiger partial charge on any atom is 0.227 e. The summed E-state index contributed by atoms with van der Waals surface area (Å²) >= 11 is 0. The number of nitrogens with one attached hydrogen (secondary N) is 1. The molecule has 42 heavy (non-hydrogen) atoms. The molecule has 3 fully saturated rings. The summed E-state index contributed by atoms with van der Waals surface area (Å²) in [4.78, 5) is 12.4. The van der Waals surface area contributed by atoms with Crippen LogP contribution in [-0.2, 0) is 4.79 Å². The van der Waals surface area contributed by atoms with Crippen molar-refractivity contribution in [2.75, 3.05) is 5.32 Å². The van der Waals surface area contributed by atoms with Crippen LogP contribution in [0.2, 0.25) is 0 Å². The first-order valence-corrected chi connectivity index (χ1v) is 17.4. The molecule has 10 atom stereocenters. The van der Waals surface area contributed by atoms with E-state index in [0.29, 0.717) is 28.6 Å². The summed E-state index contributed by atoms with van der Waals surface area (Å²) < 4.78 is 6.58. The molecule has 0 aliphatic heterocycles. The molecule has 3 heteroatoms. The molecule has 0 aromatic heterocycles.